The number of nitrogens with zero attached hydrogens (tertiary/aromatic N) is 2. The molecule has 33 heavy (non-hydrogen) atoms. The first-order valence-corrected chi connectivity index (χ1v) is 11.7. The SMILES string of the molecule is CNS(=O)(=O)c1ccc(CNC(=O)CCCn2cnc3cc(OC)c(OC)cc3c2=O)cc1. The first-order valence-electron chi connectivity index (χ1n) is 10.2. The number of rotatable bonds is 10. The fourth-order valence-corrected chi connectivity index (χ4v) is 3.98. The second kappa shape index (κ2) is 10.5. The van der Waals surface area contributed by atoms with E-state index >= 15 is 0 Å². The van der Waals surface area contributed by atoms with Crippen molar-refractivity contribution in [3.05, 3.63) is 58.6 Å². The lowest BCUT2D eigenvalue weighted by molar-refractivity contribution is -0.121. The van der Waals surface area contributed by atoms with Gasteiger partial charge in [0.15, 0.2) is 11.5 Å². The number of hydrogen-bond donors (Lipinski definition) is 2. The van der Waals surface area contributed by atoms with Crippen LogP contribution in [0.5, 0.6) is 11.5 Å². The first kappa shape index (κ1) is 24.2. The molecule has 3 rings (SSSR count). The summed E-state index contributed by atoms with van der Waals surface area (Å²) in [6.07, 6.45) is 2.13. The zero-order valence-electron chi connectivity index (χ0n) is 18.6. The van der Waals surface area contributed by atoms with Gasteiger partial charge in [-0.25, -0.2) is 18.1 Å². The van der Waals surface area contributed by atoms with Gasteiger partial charge in [-0.05, 0) is 37.2 Å². The van der Waals surface area contributed by atoms with E-state index in [0.29, 0.717) is 35.4 Å². The first-order chi connectivity index (χ1) is 15.8. The maximum atomic E-state index is 12.8. The zero-order valence-corrected chi connectivity index (χ0v) is 19.4. The predicted octanol–water partition coefficient (Wildman–Crippen LogP) is 1.42. The number of sulfonamides is 1. The highest BCUT2D eigenvalue weighted by molar-refractivity contribution is 7.89. The van der Waals surface area contributed by atoms with Crippen LogP contribution in [0.4, 0.5) is 0 Å². The van der Waals surface area contributed by atoms with E-state index in [1.807, 2.05) is 0 Å². The molecule has 1 amide bonds. The molecule has 0 radical (unpaired) electrons. The Balaban J connectivity index is 1.56. The van der Waals surface area contributed by atoms with E-state index in [2.05, 4.69) is 15.0 Å². The molecular weight excluding hydrogens is 448 g/mol. The van der Waals surface area contributed by atoms with Crippen LogP contribution in [0.2, 0.25) is 0 Å². The summed E-state index contributed by atoms with van der Waals surface area (Å²) in [7, 11) is 0.863. The van der Waals surface area contributed by atoms with Gasteiger partial charge in [-0.3, -0.25) is 14.2 Å². The molecule has 176 valence electrons. The van der Waals surface area contributed by atoms with Gasteiger partial charge in [0.2, 0.25) is 15.9 Å². The fraction of sp³-hybridized carbons (Fsp3) is 0.318. The smallest absolute Gasteiger partial charge is 0.261 e. The summed E-state index contributed by atoms with van der Waals surface area (Å²) in [6, 6.07) is 9.50. The molecule has 11 heteroatoms. The predicted molar refractivity (Wildman–Crippen MR) is 123 cm³/mol. The Morgan fingerprint density at radius 2 is 1.76 bits per heavy atom. The van der Waals surface area contributed by atoms with E-state index in [1.54, 1.807) is 24.3 Å². The number of fused-ring (bicyclic) bond motifs is 1. The lowest BCUT2D eigenvalue weighted by atomic mass is 10.2. The number of benzene rings is 2. The highest BCUT2D eigenvalue weighted by Crippen LogP contribution is 2.29. The second-order valence-electron chi connectivity index (χ2n) is 7.20. The molecular formula is C22H26N4O6S. The number of aryl methyl sites for hydroxylation is 1. The number of ether oxygens (including phenoxy) is 2. The number of methoxy groups -OCH3 is 2. The molecule has 0 aliphatic rings. The minimum Gasteiger partial charge on any atom is -0.493 e. The normalized spacial score (nSPS) is 11.4. The van der Waals surface area contributed by atoms with Crippen LogP contribution in [0.15, 0.2) is 52.4 Å². The van der Waals surface area contributed by atoms with Crippen LogP contribution in [-0.2, 0) is 27.9 Å². The molecule has 2 aromatic carbocycles. The molecule has 0 spiro atoms. The summed E-state index contributed by atoms with van der Waals surface area (Å²) in [5.41, 5.74) is 1.05. The van der Waals surface area contributed by atoms with Crippen LogP contribution in [0.25, 0.3) is 10.9 Å². The number of aromatic nitrogens is 2. The fourth-order valence-electron chi connectivity index (χ4n) is 3.25. The Hall–Kier alpha value is -3.44. The van der Waals surface area contributed by atoms with Crippen molar-refractivity contribution in [2.45, 2.75) is 30.8 Å². The number of carbonyl (C=O) groups excluding carboxylic acids is 1. The van der Waals surface area contributed by atoms with Gasteiger partial charge in [0, 0.05) is 25.6 Å². The molecule has 0 bridgehead atoms. The van der Waals surface area contributed by atoms with Gasteiger partial charge >= 0.3 is 0 Å². The molecule has 0 saturated carbocycles. The minimum absolute atomic E-state index is 0.158. The monoisotopic (exact) mass is 474 g/mol. The number of amides is 1. The average Bonchev–Trinajstić information content (AvgIpc) is 2.83. The Bertz CT molecular complexity index is 1300. The van der Waals surface area contributed by atoms with Crippen LogP contribution in [0.1, 0.15) is 18.4 Å². The summed E-state index contributed by atoms with van der Waals surface area (Å²) < 4.78 is 37.7. The third-order valence-corrected chi connectivity index (χ3v) is 6.55. The van der Waals surface area contributed by atoms with Gasteiger partial charge in [0.1, 0.15) is 0 Å². The largest absolute Gasteiger partial charge is 0.493 e. The van der Waals surface area contributed by atoms with Crippen molar-refractivity contribution in [3.8, 4) is 11.5 Å². The van der Waals surface area contributed by atoms with Gasteiger partial charge in [-0.2, -0.15) is 0 Å². The molecule has 0 fully saturated rings. The second-order valence-corrected chi connectivity index (χ2v) is 9.09. The molecule has 1 aromatic heterocycles. The Labute approximate surface area is 191 Å². The van der Waals surface area contributed by atoms with Gasteiger partial charge in [-0.1, -0.05) is 12.1 Å². The molecule has 3 aromatic rings. The number of carbonyl (C=O) groups is 1. The average molecular weight is 475 g/mol. The van der Waals surface area contributed by atoms with Crippen molar-refractivity contribution in [3.63, 3.8) is 0 Å². The van der Waals surface area contributed by atoms with Crippen LogP contribution >= 0.6 is 0 Å². The summed E-state index contributed by atoms with van der Waals surface area (Å²) in [4.78, 5) is 29.4. The molecule has 0 aliphatic carbocycles. The maximum absolute atomic E-state index is 12.8. The number of hydrogen-bond acceptors (Lipinski definition) is 7. The summed E-state index contributed by atoms with van der Waals surface area (Å²) >= 11 is 0. The van der Waals surface area contributed by atoms with E-state index in [1.165, 1.54) is 44.3 Å². The summed E-state index contributed by atoms with van der Waals surface area (Å²) in [6.45, 7) is 0.609. The molecule has 2 N–H and O–H groups in total. The van der Waals surface area contributed by atoms with Crippen molar-refractivity contribution in [2.24, 2.45) is 0 Å². The van der Waals surface area contributed by atoms with Crippen molar-refractivity contribution in [1.29, 1.82) is 0 Å². The van der Waals surface area contributed by atoms with Crippen molar-refractivity contribution in [2.75, 3.05) is 21.3 Å². The van der Waals surface area contributed by atoms with Crippen molar-refractivity contribution in [1.82, 2.24) is 19.6 Å². The summed E-state index contributed by atoms with van der Waals surface area (Å²) in [5, 5.41) is 3.20. The van der Waals surface area contributed by atoms with Gasteiger partial charge in [0.25, 0.3) is 5.56 Å². The highest BCUT2D eigenvalue weighted by atomic mass is 32.2. The van der Waals surface area contributed by atoms with Gasteiger partial charge in [0.05, 0.1) is 36.3 Å². The number of nitrogens with one attached hydrogen (secondary N) is 2. The third-order valence-electron chi connectivity index (χ3n) is 5.12. The minimum atomic E-state index is -3.49. The van der Waals surface area contributed by atoms with E-state index in [-0.39, 0.29) is 29.3 Å². The summed E-state index contributed by atoms with van der Waals surface area (Å²) in [5.74, 6) is 0.761. The molecule has 0 atom stereocenters. The van der Waals surface area contributed by atoms with Crippen molar-refractivity contribution < 1.29 is 22.7 Å². The van der Waals surface area contributed by atoms with E-state index in [9.17, 15) is 18.0 Å². The van der Waals surface area contributed by atoms with Crippen LogP contribution < -0.4 is 25.1 Å². The Kier molecular flexibility index (Phi) is 7.67. The quantitative estimate of drug-likeness (QED) is 0.455. The standard InChI is InChI=1S/C22H26N4O6S/c1-23-33(29,30)16-8-6-15(7-9-16)13-24-21(27)5-4-10-26-14-25-18-12-20(32-3)19(31-2)11-17(18)22(26)28/h6-9,11-12,14,23H,4-5,10,13H2,1-3H3,(H,24,27). The van der Waals surface area contributed by atoms with Crippen LogP contribution in [0, 0.1) is 0 Å². The lowest BCUT2D eigenvalue weighted by Gasteiger charge is -2.11. The Morgan fingerprint density at radius 3 is 2.39 bits per heavy atom. The Morgan fingerprint density at radius 1 is 1.09 bits per heavy atom. The van der Waals surface area contributed by atoms with E-state index in [0.717, 1.165) is 5.56 Å². The van der Waals surface area contributed by atoms with E-state index < -0.39 is 10.0 Å². The molecule has 0 unspecified atom stereocenters. The van der Waals surface area contributed by atoms with Crippen LogP contribution in [0.3, 0.4) is 0 Å². The van der Waals surface area contributed by atoms with Gasteiger partial charge < -0.3 is 14.8 Å². The lowest BCUT2D eigenvalue weighted by Crippen LogP contribution is -2.25. The highest BCUT2D eigenvalue weighted by Gasteiger charge is 2.12. The van der Waals surface area contributed by atoms with Crippen molar-refractivity contribution >= 4 is 26.8 Å². The molecule has 0 saturated heterocycles. The maximum Gasteiger partial charge on any atom is 0.261 e. The molecule has 0 aliphatic heterocycles. The van der Waals surface area contributed by atoms with E-state index in [4.69, 9.17) is 9.47 Å². The molecule has 10 nitrogen and oxygen atoms in total. The van der Waals surface area contributed by atoms with Crippen LogP contribution in [-0.4, -0.2) is 45.1 Å². The third kappa shape index (κ3) is 5.68. The van der Waals surface area contributed by atoms with Gasteiger partial charge in [-0.15, -0.1) is 0 Å². The molecule has 1 heterocycles. The zero-order chi connectivity index (χ0) is 24.0. The topological polar surface area (TPSA) is 129 Å².